The zero-order valence-corrected chi connectivity index (χ0v) is 21.1. The minimum Gasteiger partial charge on any atom is -0.334 e. The van der Waals surface area contributed by atoms with Crippen molar-refractivity contribution < 1.29 is 13.6 Å². The molecule has 0 aliphatic heterocycles. The summed E-state index contributed by atoms with van der Waals surface area (Å²) in [5.74, 6) is -0.857. The van der Waals surface area contributed by atoms with Crippen molar-refractivity contribution in [2.45, 2.75) is 17.5 Å². The summed E-state index contributed by atoms with van der Waals surface area (Å²) in [4.78, 5) is 20.6. The average Bonchev–Trinajstić information content (AvgIpc) is 3.38. The van der Waals surface area contributed by atoms with E-state index in [0.717, 1.165) is 50.9 Å². The van der Waals surface area contributed by atoms with Gasteiger partial charge in [0.25, 0.3) is 0 Å². The Morgan fingerprint density at radius 3 is 2.26 bits per heavy atom. The van der Waals surface area contributed by atoms with E-state index in [0.29, 0.717) is 5.75 Å². The number of nitrogens with one attached hydrogen (secondary N) is 3. The van der Waals surface area contributed by atoms with Crippen molar-refractivity contribution in [3.63, 3.8) is 0 Å². The quantitative estimate of drug-likeness (QED) is 0.182. The molecule has 1 aromatic heterocycles. The van der Waals surface area contributed by atoms with Gasteiger partial charge in [0.1, 0.15) is 11.6 Å². The lowest BCUT2D eigenvalue weighted by Crippen LogP contribution is -2.28. The van der Waals surface area contributed by atoms with Crippen molar-refractivity contribution >= 4 is 23.5 Å². The third-order valence-electron chi connectivity index (χ3n) is 5.79. The van der Waals surface area contributed by atoms with Crippen molar-refractivity contribution in [2.75, 3.05) is 5.32 Å². The number of nitrogens with zero attached hydrogens (tertiary/aromatic N) is 1. The number of thioether (sulfide) groups is 1. The lowest BCUT2D eigenvalue weighted by atomic mass is 10.1. The van der Waals surface area contributed by atoms with Gasteiger partial charge in [0.05, 0.1) is 17.1 Å². The van der Waals surface area contributed by atoms with Crippen LogP contribution in [0.5, 0.6) is 0 Å². The molecule has 5 nitrogen and oxygen atoms in total. The maximum Gasteiger partial charge on any atom is 0.319 e. The van der Waals surface area contributed by atoms with Crippen molar-refractivity contribution in [3.05, 3.63) is 126 Å². The number of carbonyl (C=O) groups is 1. The molecule has 4 aromatic carbocycles. The number of H-pyrrole nitrogens is 1. The van der Waals surface area contributed by atoms with Crippen molar-refractivity contribution in [1.82, 2.24) is 15.3 Å². The molecule has 0 bridgehead atoms. The third kappa shape index (κ3) is 6.27. The average molecular weight is 527 g/mol. The fourth-order valence-electron chi connectivity index (χ4n) is 3.96. The maximum atomic E-state index is 13.8. The Bertz CT molecular complexity index is 1480. The number of anilines is 1. The van der Waals surface area contributed by atoms with Crippen LogP contribution in [0.15, 0.2) is 108 Å². The summed E-state index contributed by atoms with van der Waals surface area (Å²) in [6, 6.07) is 30.5. The first-order valence-electron chi connectivity index (χ1n) is 12.0. The van der Waals surface area contributed by atoms with Crippen molar-refractivity contribution in [1.29, 1.82) is 0 Å². The van der Waals surface area contributed by atoms with Crippen LogP contribution in [0, 0.1) is 11.6 Å². The van der Waals surface area contributed by atoms with E-state index in [-0.39, 0.29) is 12.2 Å². The van der Waals surface area contributed by atoms with Crippen LogP contribution < -0.4 is 10.6 Å². The second-order valence-corrected chi connectivity index (χ2v) is 9.50. The minimum atomic E-state index is -0.831. The third-order valence-corrected chi connectivity index (χ3v) is 6.74. The van der Waals surface area contributed by atoms with Gasteiger partial charge in [-0.1, -0.05) is 96.7 Å². The molecular formula is C30H24F2N4OS. The first-order chi connectivity index (χ1) is 18.5. The molecule has 0 spiro atoms. The molecule has 0 saturated carbocycles. The first kappa shape index (κ1) is 25.2. The summed E-state index contributed by atoms with van der Waals surface area (Å²) < 4.78 is 26.8. The van der Waals surface area contributed by atoms with Gasteiger partial charge in [-0.25, -0.2) is 18.6 Å². The van der Waals surface area contributed by atoms with E-state index in [1.807, 2.05) is 72.8 Å². The summed E-state index contributed by atoms with van der Waals surface area (Å²) in [5, 5.41) is 5.91. The number of carbonyl (C=O) groups excluding carboxylic acids is 1. The minimum absolute atomic E-state index is 0.0859. The van der Waals surface area contributed by atoms with Crippen LogP contribution >= 0.6 is 11.8 Å². The number of aromatic nitrogens is 2. The van der Waals surface area contributed by atoms with Crippen LogP contribution in [-0.2, 0) is 12.3 Å². The van der Waals surface area contributed by atoms with Crippen molar-refractivity contribution in [3.8, 4) is 22.5 Å². The molecule has 0 fully saturated rings. The Balaban J connectivity index is 1.24. The molecule has 38 heavy (non-hydrogen) atoms. The largest absolute Gasteiger partial charge is 0.334 e. The number of urea groups is 1. The van der Waals surface area contributed by atoms with E-state index in [1.54, 1.807) is 11.8 Å². The molecule has 0 aliphatic carbocycles. The smallest absolute Gasteiger partial charge is 0.319 e. The number of hydrogen-bond acceptors (Lipinski definition) is 3. The van der Waals surface area contributed by atoms with Crippen molar-refractivity contribution in [2.24, 2.45) is 0 Å². The maximum absolute atomic E-state index is 13.8. The van der Waals surface area contributed by atoms with E-state index >= 15 is 0 Å². The second kappa shape index (κ2) is 11.7. The highest BCUT2D eigenvalue weighted by Gasteiger charge is 2.14. The first-order valence-corrected chi connectivity index (χ1v) is 12.9. The van der Waals surface area contributed by atoms with Gasteiger partial charge in [-0.05, 0) is 23.3 Å². The van der Waals surface area contributed by atoms with E-state index in [9.17, 15) is 13.6 Å². The van der Waals surface area contributed by atoms with Gasteiger partial charge in [-0.2, -0.15) is 0 Å². The molecular weight excluding hydrogens is 502 g/mol. The lowest BCUT2D eigenvalue weighted by molar-refractivity contribution is 0.251. The molecule has 5 aromatic rings. The van der Waals surface area contributed by atoms with Gasteiger partial charge < -0.3 is 15.6 Å². The van der Waals surface area contributed by atoms with Gasteiger partial charge in [0, 0.05) is 29.5 Å². The molecule has 0 saturated heterocycles. The van der Waals surface area contributed by atoms with Crippen LogP contribution in [0.25, 0.3) is 22.5 Å². The molecule has 8 heteroatoms. The standard InChI is InChI=1S/C30H24F2N4OS/c31-24-14-15-26(25(32)17-24)34-29(37)33-18-20-8-7-9-21(16-20)19-38-30-35-27(22-10-3-1-4-11-22)28(36-30)23-12-5-2-6-13-23/h1-17H,18-19H2,(H,35,36)(H2,33,34,37). The molecule has 190 valence electrons. The van der Waals surface area contributed by atoms with Crippen LogP contribution in [0.1, 0.15) is 11.1 Å². The molecule has 0 atom stereocenters. The Kier molecular flexibility index (Phi) is 7.80. The van der Waals surface area contributed by atoms with Crippen LogP contribution in [0.2, 0.25) is 0 Å². The Hall–Kier alpha value is -4.43. The Morgan fingerprint density at radius 1 is 0.816 bits per heavy atom. The molecule has 5 rings (SSSR count). The summed E-state index contributed by atoms with van der Waals surface area (Å²) >= 11 is 1.60. The highest BCUT2D eigenvalue weighted by molar-refractivity contribution is 7.98. The van der Waals surface area contributed by atoms with Gasteiger partial charge in [-0.3, -0.25) is 0 Å². The number of rotatable bonds is 8. The van der Waals surface area contributed by atoms with E-state index in [2.05, 4.69) is 27.8 Å². The van der Waals surface area contributed by atoms with Gasteiger partial charge >= 0.3 is 6.03 Å². The monoisotopic (exact) mass is 526 g/mol. The predicted molar refractivity (Wildman–Crippen MR) is 148 cm³/mol. The summed E-state index contributed by atoms with van der Waals surface area (Å²) in [6.45, 7) is 0.254. The van der Waals surface area contributed by atoms with Crippen LogP contribution in [0.4, 0.5) is 19.3 Å². The fraction of sp³-hybridized carbons (Fsp3) is 0.0667. The lowest BCUT2D eigenvalue weighted by Gasteiger charge is -2.09. The zero-order valence-electron chi connectivity index (χ0n) is 20.2. The topological polar surface area (TPSA) is 69.8 Å². The molecule has 0 aliphatic rings. The van der Waals surface area contributed by atoms with Gasteiger partial charge in [0.2, 0.25) is 0 Å². The predicted octanol–water partition coefficient (Wildman–Crippen LogP) is 7.64. The summed E-state index contributed by atoms with van der Waals surface area (Å²) in [5.41, 5.74) is 5.86. The number of aromatic amines is 1. The van der Waals surface area contributed by atoms with Gasteiger partial charge in [0.15, 0.2) is 5.16 Å². The number of hydrogen-bond donors (Lipinski definition) is 3. The Morgan fingerprint density at radius 2 is 1.53 bits per heavy atom. The zero-order chi connectivity index (χ0) is 26.3. The van der Waals surface area contributed by atoms with Crippen LogP contribution in [-0.4, -0.2) is 16.0 Å². The SMILES string of the molecule is O=C(NCc1cccc(CSc2nc(-c3ccccc3)c(-c3ccccc3)[nH]2)c1)Nc1ccc(F)cc1F. The van der Waals surface area contributed by atoms with E-state index < -0.39 is 17.7 Å². The second-order valence-electron chi connectivity index (χ2n) is 8.54. The molecule has 1 heterocycles. The highest BCUT2D eigenvalue weighted by atomic mass is 32.2. The normalized spacial score (nSPS) is 10.8. The summed E-state index contributed by atoms with van der Waals surface area (Å²) in [6.07, 6.45) is 0. The fourth-order valence-corrected chi connectivity index (χ4v) is 4.77. The number of imidazole rings is 1. The Labute approximate surface area is 223 Å². The molecule has 3 N–H and O–H groups in total. The highest BCUT2D eigenvalue weighted by Crippen LogP contribution is 2.33. The number of amides is 2. The van der Waals surface area contributed by atoms with E-state index in [1.165, 1.54) is 6.07 Å². The number of benzene rings is 4. The molecule has 0 unspecified atom stereocenters. The van der Waals surface area contributed by atoms with Crippen LogP contribution in [0.3, 0.4) is 0 Å². The number of halogens is 2. The summed E-state index contributed by atoms with van der Waals surface area (Å²) in [7, 11) is 0. The molecule has 2 amide bonds. The van der Waals surface area contributed by atoms with Gasteiger partial charge in [-0.15, -0.1) is 0 Å². The molecule has 0 radical (unpaired) electrons. The van der Waals surface area contributed by atoms with E-state index in [4.69, 9.17) is 4.98 Å².